The number of nitrogens with two attached hydrogens (primary N) is 1. The van der Waals surface area contributed by atoms with Crippen LogP contribution in [0.25, 0.3) is 0 Å². The molecule has 0 fully saturated rings. The minimum absolute atomic E-state index is 0.000000000000000444. The highest BCUT2D eigenvalue weighted by Gasteiger charge is 2.23. The first-order valence-electron chi connectivity index (χ1n) is 5.40. The Morgan fingerprint density at radius 2 is 2.05 bits per heavy atom. The number of aromatic nitrogens is 2. The molecule has 1 aromatic heterocycles. The van der Waals surface area contributed by atoms with E-state index in [0.717, 1.165) is 12.1 Å². The molecule has 0 aliphatic heterocycles. The van der Waals surface area contributed by atoms with Gasteiger partial charge in [0.15, 0.2) is 0 Å². The smallest absolute Gasteiger partial charge is 0.265 e. The number of nitrogens with zero attached hydrogens (tertiary/aromatic N) is 1. The van der Waals surface area contributed by atoms with Gasteiger partial charge < -0.3 is 5.73 Å². The fourth-order valence-corrected chi connectivity index (χ4v) is 3.20. The van der Waals surface area contributed by atoms with Gasteiger partial charge in [-0.1, -0.05) is 0 Å². The lowest BCUT2D eigenvalue weighted by Gasteiger charge is -2.10. The van der Waals surface area contributed by atoms with Crippen LogP contribution in [-0.4, -0.2) is 18.6 Å². The van der Waals surface area contributed by atoms with Crippen LogP contribution >= 0.6 is 0 Å². The summed E-state index contributed by atoms with van der Waals surface area (Å²) < 4.78 is 39.8. The Kier molecular flexibility index (Phi) is 3.19. The molecule has 19 heavy (non-hydrogen) atoms. The molecule has 4 N–H and O–H groups in total. The molecule has 2 rings (SSSR count). The van der Waals surface area contributed by atoms with E-state index in [1.807, 2.05) is 0 Å². The van der Waals surface area contributed by atoms with Crippen LogP contribution in [0, 0.1) is 19.7 Å². The lowest BCUT2D eigenvalue weighted by atomic mass is 10.3. The highest BCUT2D eigenvalue weighted by Crippen LogP contribution is 2.25. The minimum atomic E-state index is -3.86. The number of sulfonamides is 1. The van der Waals surface area contributed by atoms with Gasteiger partial charge in [-0.3, -0.25) is 9.82 Å². The number of halogens is 1. The van der Waals surface area contributed by atoms with E-state index in [2.05, 4.69) is 14.9 Å². The predicted octanol–water partition coefficient (Wildman–Crippen LogP) is 1.55. The summed E-state index contributed by atoms with van der Waals surface area (Å²) in [7, 11) is -3.86. The highest BCUT2D eigenvalue weighted by molar-refractivity contribution is 7.92. The second kappa shape index (κ2) is 4.54. The zero-order chi connectivity index (χ0) is 14.2. The van der Waals surface area contributed by atoms with Crippen molar-refractivity contribution < 1.29 is 12.8 Å². The zero-order valence-electron chi connectivity index (χ0n) is 10.4. The zero-order valence-corrected chi connectivity index (χ0v) is 11.2. The number of nitrogen functional groups attached to an aromatic ring is 1. The molecule has 0 spiro atoms. The maximum absolute atomic E-state index is 13.1. The molecule has 6 nitrogen and oxygen atoms in total. The lowest BCUT2D eigenvalue weighted by molar-refractivity contribution is 0.600. The first kappa shape index (κ1) is 13.3. The second-order valence-electron chi connectivity index (χ2n) is 4.10. The Labute approximate surface area is 109 Å². The third-order valence-electron chi connectivity index (χ3n) is 2.59. The van der Waals surface area contributed by atoms with Gasteiger partial charge in [0.05, 0.1) is 22.8 Å². The van der Waals surface area contributed by atoms with Crippen molar-refractivity contribution in [2.45, 2.75) is 18.7 Å². The van der Waals surface area contributed by atoms with E-state index in [-0.39, 0.29) is 16.3 Å². The molecule has 0 saturated carbocycles. The van der Waals surface area contributed by atoms with E-state index in [1.165, 1.54) is 6.07 Å². The summed E-state index contributed by atoms with van der Waals surface area (Å²) in [5.74, 6) is -0.576. The maximum Gasteiger partial charge on any atom is 0.265 e. The number of anilines is 2. The van der Waals surface area contributed by atoms with E-state index < -0.39 is 15.8 Å². The topological polar surface area (TPSA) is 101 Å². The van der Waals surface area contributed by atoms with Crippen LogP contribution in [0.4, 0.5) is 15.8 Å². The lowest BCUT2D eigenvalue weighted by Crippen LogP contribution is -2.15. The summed E-state index contributed by atoms with van der Waals surface area (Å²) in [5.41, 5.74) is 6.49. The summed E-state index contributed by atoms with van der Waals surface area (Å²) in [5, 5.41) is 6.39. The average molecular weight is 284 g/mol. The fraction of sp³-hybridized carbons (Fsp3) is 0.182. The quantitative estimate of drug-likeness (QED) is 0.744. The van der Waals surface area contributed by atoms with E-state index in [0.29, 0.717) is 11.4 Å². The second-order valence-corrected chi connectivity index (χ2v) is 5.72. The standard InChI is InChI=1S/C11H13FN4O2S/c1-6-11(7(2)15-14-6)19(17,18)16-10-5-8(12)3-4-9(10)13/h3-5,16H,13H2,1-2H3,(H,14,15). The number of rotatable bonds is 3. The van der Waals surface area contributed by atoms with Gasteiger partial charge in [0.1, 0.15) is 10.7 Å². The molecule has 1 heterocycles. The molecule has 0 amide bonds. The summed E-state index contributed by atoms with van der Waals surface area (Å²) >= 11 is 0. The molecule has 0 unspecified atom stereocenters. The largest absolute Gasteiger partial charge is 0.397 e. The monoisotopic (exact) mass is 284 g/mol. The summed E-state index contributed by atoms with van der Waals surface area (Å²) in [6.45, 7) is 3.15. The number of aryl methyl sites for hydroxylation is 2. The van der Waals surface area contributed by atoms with Gasteiger partial charge >= 0.3 is 0 Å². The van der Waals surface area contributed by atoms with E-state index >= 15 is 0 Å². The number of hydrogen-bond acceptors (Lipinski definition) is 4. The molecule has 0 aliphatic rings. The van der Waals surface area contributed by atoms with Crippen molar-refractivity contribution in [3.05, 3.63) is 35.4 Å². The van der Waals surface area contributed by atoms with E-state index in [1.54, 1.807) is 13.8 Å². The van der Waals surface area contributed by atoms with E-state index in [4.69, 9.17) is 5.73 Å². The first-order chi connectivity index (χ1) is 8.81. The number of nitrogens with one attached hydrogen (secondary N) is 2. The molecular formula is C11H13FN4O2S. The number of benzene rings is 1. The van der Waals surface area contributed by atoms with Gasteiger partial charge in [-0.2, -0.15) is 5.10 Å². The highest BCUT2D eigenvalue weighted by atomic mass is 32.2. The number of hydrogen-bond donors (Lipinski definition) is 3. The normalized spacial score (nSPS) is 11.5. The molecule has 0 saturated heterocycles. The van der Waals surface area contributed by atoms with Crippen molar-refractivity contribution in [2.75, 3.05) is 10.5 Å². The SMILES string of the molecule is Cc1n[nH]c(C)c1S(=O)(=O)Nc1cc(F)ccc1N. The molecule has 0 bridgehead atoms. The maximum atomic E-state index is 13.1. The molecule has 0 atom stereocenters. The molecule has 102 valence electrons. The number of aromatic amines is 1. The van der Waals surface area contributed by atoms with Crippen LogP contribution in [0.1, 0.15) is 11.4 Å². The van der Waals surface area contributed by atoms with Crippen LogP contribution in [-0.2, 0) is 10.0 Å². The van der Waals surface area contributed by atoms with Crippen LogP contribution < -0.4 is 10.5 Å². The van der Waals surface area contributed by atoms with Crippen LogP contribution in [0.15, 0.2) is 23.1 Å². The van der Waals surface area contributed by atoms with E-state index in [9.17, 15) is 12.8 Å². The van der Waals surface area contributed by atoms with Crippen molar-refractivity contribution in [3.8, 4) is 0 Å². The average Bonchev–Trinajstić information content (AvgIpc) is 2.64. The Morgan fingerprint density at radius 3 is 2.63 bits per heavy atom. The van der Waals surface area contributed by atoms with Gasteiger partial charge in [-0.25, -0.2) is 12.8 Å². The van der Waals surface area contributed by atoms with Crippen LogP contribution in [0.3, 0.4) is 0 Å². The molecule has 0 radical (unpaired) electrons. The Balaban J connectivity index is 2.45. The van der Waals surface area contributed by atoms with Gasteiger partial charge in [-0.15, -0.1) is 0 Å². The van der Waals surface area contributed by atoms with Gasteiger partial charge in [0, 0.05) is 6.07 Å². The molecule has 0 aliphatic carbocycles. The van der Waals surface area contributed by atoms with Crippen LogP contribution in [0.5, 0.6) is 0 Å². The number of H-pyrrole nitrogens is 1. The third-order valence-corrected chi connectivity index (χ3v) is 4.22. The van der Waals surface area contributed by atoms with Gasteiger partial charge in [0.25, 0.3) is 10.0 Å². The molecular weight excluding hydrogens is 271 g/mol. The molecule has 8 heteroatoms. The summed E-state index contributed by atoms with van der Waals surface area (Å²) in [6, 6.07) is 3.47. The van der Waals surface area contributed by atoms with Crippen molar-refractivity contribution in [2.24, 2.45) is 0 Å². The van der Waals surface area contributed by atoms with Crippen molar-refractivity contribution in [1.82, 2.24) is 10.2 Å². The van der Waals surface area contributed by atoms with Crippen molar-refractivity contribution in [1.29, 1.82) is 0 Å². The van der Waals surface area contributed by atoms with Gasteiger partial charge in [-0.05, 0) is 26.0 Å². The Hall–Kier alpha value is -2.09. The van der Waals surface area contributed by atoms with Crippen molar-refractivity contribution >= 4 is 21.4 Å². The van der Waals surface area contributed by atoms with Crippen LogP contribution in [0.2, 0.25) is 0 Å². The molecule has 1 aromatic carbocycles. The van der Waals surface area contributed by atoms with Gasteiger partial charge in [0.2, 0.25) is 0 Å². The summed E-state index contributed by atoms with van der Waals surface area (Å²) in [6.07, 6.45) is 0. The molecule has 2 aromatic rings. The van der Waals surface area contributed by atoms with Crippen molar-refractivity contribution in [3.63, 3.8) is 0 Å². The predicted molar refractivity (Wildman–Crippen MR) is 69.7 cm³/mol. The summed E-state index contributed by atoms with van der Waals surface area (Å²) in [4.78, 5) is 0.0381. The minimum Gasteiger partial charge on any atom is -0.397 e. The Bertz CT molecular complexity index is 705. The third kappa shape index (κ3) is 2.53. The Morgan fingerprint density at radius 1 is 1.37 bits per heavy atom. The first-order valence-corrected chi connectivity index (χ1v) is 6.89. The fourth-order valence-electron chi connectivity index (χ4n) is 1.75.